The number of nitriles is 1. The third-order valence-electron chi connectivity index (χ3n) is 7.52. The van der Waals surface area contributed by atoms with Gasteiger partial charge in [0.2, 0.25) is 0 Å². The number of anilines is 1. The molecule has 0 bridgehead atoms. The molecule has 224 valence electrons. The molecule has 2 heterocycles. The number of halogens is 4. The third kappa shape index (κ3) is 5.89. The highest BCUT2D eigenvalue weighted by atomic mass is 35.5. The van der Waals surface area contributed by atoms with Crippen LogP contribution in [0, 0.1) is 11.3 Å². The lowest BCUT2D eigenvalue weighted by Gasteiger charge is -2.26. The summed E-state index contributed by atoms with van der Waals surface area (Å²) in [4.78, 5) is 30.4. The number of carbonyl (C=O) groups is 2. The normalized spacial score (nSPS) is 21.5. The second kappa shape index (κ2) is 11.0. The Bertz CT molecular complexity index is 1620. The lowest BCUT2D eigenvalue weighted by molar-refractivity contribution is -0.138. The first kappa shape index (κ1) is 31.5. The minimum absolute atomic E-state index is 0.0607. The number of carbonyl (C=O) groups excluding carboxylic acids is 2. The molecule has 2 aromatic carbocycles. The fourth-order valence-electron chi connectivity index (χ4n) is 5.13. The molecule has 1 atom stereocenters. The van der Waals surface area contributed by atoms with Gasteiger partial charge in [-0.1, -0.05) is 29.8 Å². The van der Waals surface area contributed by atoms with Crippen LogP contribution >= 0.6 is 11.6 Å². The molecule has 0 spiro atoms. The number of rotatable bonds is 7. The Morgan fingerprint density at radius 3 is 2.38 bits per heavy atom. The van der Waals surface area contributed by atoms with Crippen molar-refractivity contribution in [2.75, 3.05) is 37.3 Å². The van der Waals surface area contributed by atoms with Crippen molar-refractivity contribution in [3.05, 3.63) is 70.3 Å². The zero-order chi connectivity index (χ0) is 31.3. The summed E-state index contributed by atoms with van der Waals surface area (Å²) in [6.07, 6.45) is -0.137. The van der Waals surface area contributed by atoms with E-state index >= 15 is 0 Å². The zero-order valence-electron chi connectivity index (χ0n) is 22.9. The summed E-state index contributed by atoms with van der Waals surface area (Å²) in [6, 6.07) is 7.96. The van der Waals surface area contributed by atoms with Crippen LogP contribution in [0.4, 0.5) is 23.7 Å². The molecule has 0 aromatic heterocycles. The maximum absolute atomic E-state index is 13.4. The van der Waals surface area contributed by atoms with Gasteiger partial charge in [-0.3, -0.25) is 9.69 Å². The maximum Gasteiger partial charge on any atom is 0.417 e. The van der Waals surface area contributed by atoms with Gasteiger partial charge < -0.3 is 10.0 Å². The number of amides is 3. The Hall–Kier alpha value is -3.44. The number of urea groups is 1. The van der Waals surface area contributed by atoms with Crippen molar-refractivity contribution in [1.82, 2.24) is 9.80 Å². The van der Waals surface area contributed by atoms with Crippen molar-refractivity contribution in [3.8, 4) is 6.07 Å². The Balaban J connectivity index is 1.43. The first-order chi connectivity index (χ1) is 19.4. The molecule has 2 aliphatic heterocycles. The Morgan fingerprint density at radius 2 is 1.79 bits per heavy atom. The van der Waals surface area contributed by atoms with Crippen molar-refractivity contribution >= 4 is 39.1 Å². The summed E-state index contributed by atoms with van der Waals surface area (Å²) in [5, 5.41) is 20.0. The van der Waals surface area contributed by atoms with E-state index in [9.17, 15) is 36.3 Å². The molecule has 14 heteroatoms. The monoisotopic (exact) mass is 624 g/mol. The second-order valence-electron chi connectivity index (χ2n) is 10.8. The SMILES string of the molecule is CC1(C)C(=O)N(c2ccc(S(C)(=O)=O)c(Cl)c2)C(=O)N1CC=CCN1CCC(O)(c2ccc(C#N)c(C(F)(F)F)c2)C1. The van der Waals surface area contributed by atoms with E-state index in [0.29, 0.717) is 13.1 Å². The molecule has 1 unspecified atom stereocenters. The van der Waals surface area contributed by atoms with Crippen LogP contribution < -0.4 is 4.90 Å². The number of alkyl halides is 3. The van der Waals surface area contributed by atoms with E-state index in [1.165, 1.54) is 35.2 Å². The summed E-state index contributed by atoms with van der Waals surface area (Å²) in [6.45, 7) is 4.01. The van der Waals surface area contributed by atoms with E-state index < -0.39 is 50.2 Å². The Labute approximate surface area is 246 Å². The van der Waals surface area contributed by atoms with Gasteiger partial charge in [0.15, 0.2) is 9.84 Å². The molecule has 3 amide bonds. The molecule has 2 saturated heterocycles. The summed E-state index contributed by atoms with van der Waals surface area (Å²) >= 11 is 6.12. The predicted molar refractivity (Wildman–Crippen MR) is 148 cm³/mol. The Morgan fingerprint density at radius 1 is 1.12 bits per heavy atom. The van der Waals surface area contributed by atoms with Gasteiger partial charge in [-0.05, 0) is 56.2 Å². The van der Waals surface area contributed by atoms with Crippen LogP contribution in [0.25, 0.3) is 0 Å². The molecule has 0 aliphatic carbocycles. The average molecular weight is 625 g/mol. The van der Waals surface area contributed by atoms with Crippen molar-refractivity contribution in [1.29, 1.82) is 5.26 Å². The van der Waals surface area contributed by atoms with E-state index in [2.05, 4.69) is 0 Å². The lowest BCUT2D eigenvalue weighted by Crippen LogP contribution is -2.44. The standard InChI is InChI=1S/C28H28ClF3N4O5S/c1-26(2)24(37)36(20-8-9-23(22(29)15-20)42(3,40)41)25(38)35(26)12-5-4-11-34-13-10-27(39,17-34)19-7-6-18(16-33)21(14-19)28(30,31)32/h4-9,14-15,39H,10-13,17H2,1-3H3. The number of nitrogens with zero attached hydrogens (tertiary/aromatic N) is 4. The number of aliphatic hydroxyl groups is 1. The number of imide groups is 1. The van der Waals surface area contributed by atoms with Crippen molar-refractivity contribution in [3.63, 3.8) is 0 Å². The van der Waals surface area contributed by atoms with Crippen molar-refractivity contribution < 1.29 is 36.3 Å². The fourth-order valence-corrected chi connectivity index (χ4v) is 6.45. The van der Waals surface area contributed by atoms with E-state index in [0.717, 1.165) is 23.3 Å². The second-order valence-corrected chi connectivity index (χ2v) is 13.2. The van der Waals surface area contributed by atoms with Gasteiger partial charge in [0.1, 0.15) is 11.1 Å². The molecule has 0 radical (unpaired) electrons. The molecule has 2 fully saturated rings. The number of β-amino-alcohol motifs (C(OH)–C–C–N with tert-alkyl or cyclic N) is 1. The van der Waals surface area contributed by atoms with Gasteiger partial charge in [-0.25, -0.2) is 18.1 Å². The smallest absolute Gasteiger partial charge is 0.384 e. The lowest BCUT2D eigenvalue weighted by atomic mass is 9.90. The maximum atomic E-state index is 13.4. The topological polar surface area (TPSA) is 122 Å². The van der Waals surface area contributed by atoms with Gasteiger partial charge in [0.05, 0.1) is 32.8 Å². The molecule has 2 aromatic rings. The summed E-state index contributed by atoms with van der Waals surface area (Å²) in [5.41, 5.74) is -4.15. The highest BCUT2D eigenvalue weighted by Crippen LogP contribution is 2.38. The van der Waals surface area contributed by atoms with E-state index in [1.54, 1.807) is 26.0 Å². The molecule has 2 aliphatic rings. The van der Waals surface area contributed by atoms with Crippen LogP contribution in [0.3, 0.4) is 0 Å². The number of likely N-dealkylation sites (tertiary alicyclic amines) is 1. The quantitative estimate of drug-likeness (QED) is 0.359. The minimum Gasteiger partial charge on any atom is -0.384 e. The first-order valence-corrected chi connectivity index (χ1v) is 15.0. The van der Waals surface area contributed by atoms with Crippen LogP contribution in [0.2, 0.25) is 5.02 Å². The van der Waals surface area contributed by atoms with Gasteiger partial charge in [-0.15, -0.1) is 0 Å². The van der Waals surface area contributed by atoms with Crippen LogP contribution in [-0.2, 0) is 26.4 Å². The molecular weight excluding hydrogens is 597 g/mol. The molecule has 0 saturated carbocycles. The van der Waals surface area contributed by atoms with Crippen molar-refractivity contribution in [2.24, 2.45) is 0 Å². The average Bonchev–Trinajstić information content (AvgIpc) is 3.35. The van der Waals surface area contributed by atoms with Crippen LogP contribution in [-0.4, -0.2) is 73.2 Å². The number of hydrogen-bond donors (Lipinski definition) is 1. The molecule has 9 nitrogen and oxygen atoms in total. The molecular formula is C28H28ClF3N4O5S. The number of sulfone groups is 1. The van der Waals surface area contributed by atoms with Crippen LogP contribution in [0.5, 0.6) is 0 Å². The summed E-state index contributed by atoms with van der Waals surface area (Å²) in [5.74, 6) is -0.519. The molecule has 1 N–H and O–H groups in total. The van der Waals surface area contributed by atoms with Gasteiger partial charge >= 0.3 is 12.2 Å². The third-order valence-corrected chi connectivity index (χ3v) is 9.10. The summed E-state index contributed by atoms with van der Waals surface area (Å²) in [7, 11) is -3.61. The largest absolute Gasteiger partial charge is 0.417 e. The van der Waals surface area contributed by atoms with E-state index in [4.69, 9.17) is 16.9 Å². The highest BCUT2D eigenvalue weighted by Gasteiger charge is 2.51. The van der Waals surface area contributed by atoms with Crippen molar-refractivity contribution in [2.45, 2.75) is 42.5 Å². The summed E-state index contributed by atoms with van der Waals surface area (Å²) < 4.78 is 64.0. The minimum atomic E-state index is -4.73. The van der Waals surface area contributed by atoms with E-state index in [1.807, 2.05) is 4.90 Å². The number of benzene rings is 2. The van der Waals surface area contributed by atoms with Crippen LogP contribution in [0.15, 0.2) is 53.4 Å². The van der Waals surface area contributed by atoms with Gasteiger partial charge in [0, 0.05) is 32.4 Å². The van der Waals surface area contributed by atoms with Gasteiger partial charge in [-0.2, -0.15) is 18.4 Å². The van der Waals surface area contributed by atoms with Crippen LogP contribution in [0.1, 0.15) is 37.0 Å². The first-order valence-electron chi connectivity index (χ1n) is 12.8. The number of hydrogen-bond acceptors (Lipinski definition) is 7. The van der Waals surface area contributed by atoms with E-state index in [-0.39, 0.29) is 40.7 Å². The molecule has 42 heavy (non-hydrogen) atoms. The molecule has 4 rings (SSSR count). The fraction of sp³-hybridized carbons (Fsp3) is 0.393. The Kier molecular flexibility index (Phi) is 8.25. The predicted octanol–water partition coefficient (Wildman–Crippen LogP) is 4.33. The van der Waals surface area contributed by atoms with Gasteiger partial charge in [0.25, 0.3) is 5.91 Å². The zero-order valence-corrected chi connectivity index (χ0v) is 24.5. The highest BCUT2D eigenvalue weighted by molar-refractivity contribution is 7.90.